The number of rotatable bonds is 4. The van der Waals surface area contributed by atoms with Crippen molar-refractivity contribution in [1.82, 2.24) is 10.6 Å². The lowest BCUT2D eigenvalue weighted by Gasteiger charge is -2.23. The van der Waals surface area contributed by atoms with Crippen LogP contribution < -0.4 is 10.6 Å². The average molecular weight is 279 g/mol. The highest BCUT2D eigenvalue weighted by atomic mass is 16.6. The van der Waals surface area contributed by atoms with Gasteiger partial charge in [0.25, 0.3) is 11.6 Å². The van der Waals surface area contributed by atoms with Gasteiger partial charge in [0, 0.05) is 25.7 Å². The molecule has 0 spiro atoms. The third-order valence-corrected chi connectivity index (χ3v) is 3.17. The van der Waals surface area contributed by atoms with E-state index in [2.05, 4.69) is 10.6 Å². The molecular formula is C13H17N3O4. The quantitative estimate of drug-likeness (QED) is 0.622. The van der Waals surface area contributed by atoms with Gasteiger partial charge in [-0.3, -0.25) is 14.9 Å². The van der Waals surface area contributed by atoms with Crippen LogP contribution >= 0.6 is 0 Å². The van der Waals surface area contributed by atoms with Crippen LogP contribution in [0.2, 0.25) is 0 Å². The molecule has 0 saturated carbocycles. The summed E-state index contributed by atoms with van der Waals surface area (Å²) in [6, 6.07) is 4.58. The van der Waals surface area contributed by atoms with E-state index < -0.39 is 10.8 Å². The Bertz CT molecular complexity index is 512. The molecule has 1 heterocycles. The first-order chi connectivity index (χ1) is 9.59. The van der Waals surface area contributed by atoms with Gasteiger partial charge in [-0.1, -0.05) is 12.1 Å². The number of benzene rings is 1. The molecule has 1 aromatic rings. The third kappa shape index (κ3) is 3.31. The maximum absolute atomic E-state index is 12.1. The van der Waals surface area contributed by atoms with Gasteiger partial charge in [-0.2, -0.15) is 0 Å². The molecule has 7 nitrogen and oxygen atoms in total. The number of hydrogen-bond donors (Lipinski definition) is 2. The number of carbonyl (C=O) groups excluding carboxylic acids is 1. The summed E-state index contributed by atoms with van der Waals surface area (Å²) >= 11 is 0. The number of ether oxygens (including phenoxy) is 1. The lowest BCUT2D eigenvalue weighted by atomic mass is 10.1. The molecule has 108 valence electrons. The van der Waals surface area contributed by atoms with Gasteiger partial charge in [-0.15, -0.1) is 0 Å². The number of nitro benzene ring substituents is 1. The van der Waals surface area contributed by atoms with E-state index in [9.17, 15) is 14.9 Å². The molecule has 1 aromatic carbocycles. The predicted molar refractivity (Wildman–Crippen MR) is 72.8 cm³/mol. The normalized spacial score (nSPS) is 18.6. The van der Waals surface area contributed by atoms with Crippen molar-refractivity contribution in [3.63, 3.8) is 0 Å². The van der Waals surface area contributed by atoms with Crippen LogP contribution in [0.25, 0.3) is 0 Å². The minimum absolute atomic E-state index is 0.101. The van der Waals surface area contributed by atoms with Gasteiger partial charge in [0.15, 0.2) is 0 Å². The molecule has 1 atom stereocenters. The Hall–Kier alpha value is -1.99. The summed E-state index contributed by atoms with van der Waals surface area (Å²) in [7, 11) is 0. The second-order valence-corrected chi connectivity index (χ2v) is 4.63. The van der Waals surface area contributed by atoms with Crippen LogP contribution in [0.4, 0.5) is 5.69 Å². The minimum atomic E-state index is -0.541. The number of amides is 1. The first kappa shape index (κ1) is 14.4. The summed E-state index contributed by atoms with van der Waals surface area (Å²) in [5.41, 5.74) is 0.519. The molecule has 0 aliphatic carbocycles. The zero-order valence-electron chi connectivity index (χ0n) is 11.2. The van der Waals surface area contributed by atoms with Crippen LogP contribution in [0.1, 0.15) is 15.9 Å². The number of aryl methyl sites for hydroxylation is 1. The molecule has 20 heavy (non-hydrogen) atoms. The molecule has 2 N–H and O–H groups in total. The largest absolute Gasteiger partial charge is 0.374 e. The summed E-state index contributed by atoms with van der Waals surface area (Å²) in [4.78, 5) is 22.6. The summed E-state index contributed by atoms with van der Waals surface area (Å²) in [5, 5.41) is 16.8. The van der Waals surface area contributed by atoms with Crippen molar-refractivity contribution in [2.24, 2.45) is 0 Å². The fraction of sp³-hybridized carbons (Fsp3) is 0.462. The molecule has 1 amide bonds. The van der Waals surface area contributed by atoms with Gasteiger partial charge in [0.2, 0.25) is 0 Å². The van der Waals surface area contributed by atoms with Crippen LogP contribution in [0, 0.1) is 17.0 Å². The van der Waals surface area contributed by atoms with E-state index in [0.29, 0.717) is 25.3 Å². The lowest BCUT2D eigenvalue weighted by molar-refractivity contribution is -0.385. The van der Waals surface area contributed by atoms with Crippen molar-refractivity contribution in [2.45, 2.75) is 13.0 Å². The topological polar surface area (TPSA) is 93.5 Å². The SMILES string of the molecule is Cc1cccc([N+](=O)[O-])c1C(=O)NCC1CNCCO1. The Morgan fingerprint density at radius 1 is 1.60 bits per heavy atom. The Morgan fingerprint density at radius 2 is 2.40 bits per heavy atom. The fourth-order valence-corrected chi connectivity index (χ4v) is 2.15. The second-order valence-electron chi connectivity index (χ2n) is 4.63. The highest BCUT2D eigenvalue weighted by molar-refractivity contribution is 5.99. The first-order valence-corrected chi connectivity index (χ1v) is 6.44. The molecule has 0 aromatic heterocycles. The Kier molecular flexibility index (Phi) is 4.65. The molecule has 2 rings (SSSR count). The van der Waals surface area contributed by atoms with E-state index in [-0.39, 0.29) is 17.4 Å². The monoisotopic (exact) mass is 279 g/mol. The second kappa shape index (κ2) is 6.44. The zero-order chi connectivity index (χ0) is 14.5. The van der Waals surface area contributed by atoms with E-state index >= 15 is 0 Å². The Morgan fingerprint density at radius 3 is 3.05 bits per heavy atom. The minimum Gasteiger partial charge on any atom is -0.374 e. The van der Waals surface area contributed by atoms with Crippen molar-refractivity contribution >= 4 is 11.6 Å². The average Bonchev–Trinajstić information content (AvgIpc) is 2.45. The van der Waals surface area contributed by atoms with E-state index in [0.717, 1.165) is 6.54 Å². The Balaban J connectivity index is 2.06. The zero-order valence-corrected chi connectivity index (χ0v) is 11.2. The van der Waals surface area contributed by atoms with E-state index in [1.807, 2.05) is 0 Å². The van der Waals surface area contributed by atoms with Gasteiger partial charge in [-0.05, 0) is 12.5 Å². The van der Waals surface area contributed by atoms with Crippen LogP contribution in [0.5, 0.6) is 0 Å². The number of morpholine rings is 1. The lowest BCUT2D eigenvalue weighted by Crippen LogP contribution is -2.45. The maximum atomic E-state index is 12.1. The van der Waals surface area contributed by atoms with Crippen molar-refractivity contribution < 1.29 is 14.5 Å². The van der Waals surface area contributed by atoms with Crippen LogP contribution in [0.3, 0.4) is 0 Å². The molecule has 7 heteroatoms. The highest BCUT2D eigenvalue weighted by Crippen LogP contribution is 2.21. The van der Waals surface area contributed by atoms with Crippen LogP contribution in [-0.2, 0) is 4.74 Å². The summed E-state index contributed by atoms with van der Waals surface area (Å²) in [6.45, 7) is 4.08. The molecule has 0 bridgehead atoms. The van der Waals surface area contributed by atoms with Crippen molar-refractivity contribution in [2.75, 3.05) is 26.2 Å². The van der Waals surface area contributed by atoms with Gasteiger partial charge in [0.05, 0.1) is 17.6 Å². The van der Waals surface area contributed by atoms with E-state index in [4.69, 9.17) is 4.74 Å². The molecule has 1 aliphatic rings. The van der Waals surface area contributed by atoms with Gasteiger partial charge in [0.1, 0.15) is 5.56 Å². The highest BCUT2D eigenvalue weighted by Gasteiger charge is 2.23. The molecule has 1 fully saturated rings. The number of carbonyl (C=O) groups is 1. The standard InChI is InChI=1S/C13H17N3O4/c1-9-3-2-4-11(16(18)19)12(9)13(17)15-8-10-7-14-5-6-20-10/h2-4,10,14H,5-8H2,1H3,(H,15,17). The summed E-state index contributed by atoms with van der Waals surface area (Å²) < 4.78 is 5.46. The molecular weight excluding hydrogens is 262 g/mol. The number of hydrogen-bond acceptors (Lipinski definition) is 5. The number of nitrogens with zero attached hydrogens (tertiary/aromatic N) is 1. The summed E-state index contributed by atoms with van der Waals surface area (Å²) in [5.74, 6) is -0.441. The van der Waals surface area contributed by atoms with Crippen LogP contribution in [-0.4, -0.2) is 43.2 Å². The van der Waals surface area contributed by atoms with Gasteiger partial charge < -0.3 is 15.4 Å². The van der Waals surface area contributed by atoms with Crippen LogP contribution in [0.15, 0.2) is 18.2 Å². The van der Waals surface area contributed by atoms with Gasteiger partial charge >= 0.3 is 0 Å². The van der Waals surface area contributed by atoms with E-state index in [1.54, 1.807) is 19.1 Å². The van der Waals surface area contributed by atoms with Crippen molar-refractivity contribution in [3.8, 4) is 0 Å². The molecule has 0 radical (unpaired) electrons. The fourth-order valence-electron chi connectivity index (χ4n) is 2.15. The van der Waals surface area contributed by atoms with Gasteiger partial charge in [-0.25, -0.2) is 0 Å². The third-order valence-electron chi connectivity index (χ3n) is 3.17. The number of nitro groups is 1. The molecule has 1 aliphatic heterocycles. The first-order valence-electron chi connectivity index (χ1n) is 6.44. The molecule has 1 unspecified atom stereocenters. The maximum Gasteiger partial charge on any atom is 0.282 e. The predicted octanol–water partition coefficient (Wildman–Crippen LogP) is 0.621. The Labute approximate surface area is 116 Å². The number of nitrogens with one attached hydrogen (secondary N) is 2. The molecule has 1 saturated heterocycles. The smallest absolute Gasteiger partial charge is 0.282 e. The van der Waals surface area contributed by atoms with E-state index in [1.165, 1.54) is 6.07 Å². The van der Waals surface area contributed by atoms with Crippen molar-refractivity contribution in [1.29, 1.82) is 0 Å². The van der Waals surface area contributed by atoms with Crippen molar-refractivity contribution in [3.05, 3.63) is 39.4 Å². The summed E-state index contributed by atoms with van der Waals surface area (Å²) in [6.07, 6.45) is -0.101.